The number of carbonyl (C=O) groups excluding carboxylic acids is 1. The molecule has 0 spiro atoms. The number of anilines is 1. The molecule has 0 aliphatic rings. The van der Waals surface area contributed by atoms with Gasteiger partial charge in [-0.05, 0) is 40.6 Å². The summed E-state index contributed by atoms with van der Waals surface area (Å²) >= 11 is 1.08. The number of hydrogen-bond acceptors (Lipinski definition) is 4. The zero-order valence-corrected chi connectivity index (χ0v) is 15.1. The Morgan fingerprint density at radius 3 is 2.52 bits per heavy atom. The van der Waals surface area contributed by atoms with Crippen LogP contribution in [-0.2, 0) is 11.2 Å². The Morgan fingerprint density at radius 2 is 1.81 bits per heavy atom. The SMILES string of the molecule is N#Cc1ccccc1-c1ccc(CCC(=O)Nc2ccsc2C(=O)O)cc1. The molecule has 134 valence electrons. The van der Waals surface area contributed by atoms with Gasteiger partial charge in [0, 0.05) is 6.42 Å². The fourth-order valence-corrected chi connectivity index (χ4v) is 3.41. The molecule has 0 atom stereocenters. The van der Waals surface area contributed by atoms with Crippen molar-refractivity contribution in [3.63, 3.8) is 0 Å². The van der Waals surface area contributed by atoms with Gasteiger partial charge in [0.15, 0.2) is 0 Å². The van der Waals surface area contributed by atoms with E-state index in [-0.39, 0.29) is 17.2 Å². The molecule has 0 saturated heterocycles. The molecule has 0 radical (unpaired) electrons. The molecule has 2 aromatic carbocycles. The standard InChI is InChI=1S/C21H16N2O3S/c22-13-16-3-1-2-4-17(16)15-8-5-14(6-9-15)7-10-19(24)23-18-11-12-27-20(18)21(25)26/h1-6,8-9,11-12H,7,10H2,(H,23,24)(H,25,26). The molecule has 1 amide bonds. The molecule has 2 N–H and O–H groups in total. The number of hydrogen-bond donors (Lipinski definition) is 2. The summed E-state index contributed by atoms with van der Waals surface area (Å²) in [5.41, 5.74) is 3.77. The van der Waals surface area contributed by atoms with Crippen molar-refractivity contribution in [2.75, 3.05) is 5.32 Å². The van der Waals surface area contributed by atoms with E-state index in [9.17, 15) is 14.9 Å². The van der Waals surface area contributed by atoms with E-state index in [4.69, 9.17) is 5.11 Å². The Morgan fingerprint density at radius 1 is 1.07 bits per heavy atom. The minimum Gasteiger partial charge on any atom is -0.477 e. The monoisotopic (exact) mass is 376 g/mol. The quantitative estimate of drug-likeness (QED) is 0.660. The van der Waals surface area contributed by atoms with Crippen molar-refractivity contribution in [2.24, 2.45) is 0 Å². The number of carboxylic acids is 1. The van der Waals surface area contributed by atoms with Crippen molar-refractivity contribution in [1.82, 2.24) is 0 Å². The highest BCUT2D eigenvalue weighted by Crippen LogP contribution is 2.24. The summed E-state index contributed by atoms with van der Waals surface area (Å²) in [6, 6.07) is 18.9. The van der Waals surface area contributed by atoms with Gasteiger partial charge in [-0.25, -0.2) is 4.79 Å². The molecule has 6 heteroatoms. The first-order valence-electron chi connectivity index (χ1n) is 8.27. The van der Waals surface area contributed by atoms with Gasteiger partial charge >= 0.3 is 5.97 Å². The first-order valence-corrected chi connectivity index (χ1v) is 9.15. The van der Waals surface area contributed by atoms with Crippen LogP contribution in [-0.4, -0.2) is 17.0 Å². The van der Waals surface area contributed by atoms with Gasteiger partial charge in [-0.3, -0.25) is 4.79 Å². The summed E-state index contributed by atoms with van der Waals surface area (Å²) < 4.78 is 0. The highest BCUT2D eigenvalue weighted by atomic mass is 32.1. The van der Waals surface area contributed by atoms with Gasteiger partial charge in [0.05, 0.1) is 17.3 Å². The predicted octanol–water partition coefficient (Wildman–Crippen LogP) is 4.56. The second kappa shape index (κ2) is 8.30. The second-order valence-corrected chi connectivity index (χ2v) is 6.79. The summed E-state index contributed by atoms with van der Waals surface area (Å²) in [4.78, 5) is 23.3. The van der Waals surface area contributed by atoms with Crippen molar-refractivity contribution >= 4 is 28.9 Å². The number of carbonyl (C=O) groups is 2. The molecule has 0 unspecified atom stereocenters. The highest BCUT2D eigenvalue weighted by Gasteiger charge is 2.14. The molecule has 1 aromatic heterocycles. The number of nitrogens with one attached hydrogen (secondary N) is 1. The van der Waals surface area contributed by atoms with Crippen LogP contribution >= 0.6 is 11.3 Å². The smallest absolute Gasteiger partial charge is 0.348 e. The number of benzene rings is 2. The Bertz CT molecular complexity index is 1020. The summed E-state index contributed by atoms with van der Waals surface area (Å²) in [5.74, 6) is -1.27. The lowest BCUT2D eigenvalue weighted by atomic mass is 9.98. The maximum absolute atomic E-state index is 12.1. The van der Waals surface area contributed by atoms with Gasteiger partial charge in [-0.1, -0.05) is 42.5 Å². The number of amides is 1. The molecule has 0 saturated carbocycles. The van der Waals surface area contributed by atoms with Gasteiger partial charge in [-0.15, -0.1) is 11.3 Å². The van der Waals surface area contributed by atoms with E-state index in [2.05, 4.69) is 11.4 Å². The molecular weight excluding hydrogens is 360 g/mol. The van der Waals surface area contributed by atoms with E-state index in [1.807, 2.05) is 42.5 Å². The molecular formula is C21H16N2O3S. The third kappa shape index (κ3) is 4.40. The van der Waals surface area contributed by atoms with E-state index < -0.39 is 5.97 Å². The topological polar surface area (TPSA) is 90.2 Å². The molecule has 27 heavy (non-hydrogen) atoms. The van der Waals surface area contributed by atoms with E-state index in [0.29, 0.717) is 17.7 Å². The summed E-state index contributed by atoms with van der Waals surface area (Å²) in [6.07, 6.45) is 0.793. The summed E-state index contributed by atoms with van der Waals surface area (Å²) in [5, 5.41) is 22.6. The van der Waals surface area contributed by atoms with E-state index in [1.54, 1.807) is 17.5 Å². The molecule has 1 heterocycles. The van der Waals surface area contributed by atoms with Gasteiger partial charge in [0.25, 0.3) is 0 Å². The number of aromatic carboxylic acids is 1. The van der Waals surface area contributed by atoms with Crippen LogP contribution in [0, 0.1) is 11.3 Å². The maximum Gasteiger partial charge on any atom is 0.348 e. The van der Waals surface area contributed by atoms with Crippen LogP contribution < -0.4 is 5.32 Å². The zero-order chi connectivity index (χ0) is 19.2. The molecule has 3 rings (SSSR count). The minimum absolute atomic E-state index is 0.129. The van der Waals surface area contributed by atoms with Crippen molar-refractivity contribution in [3.8, 4) is 17.2 Å². The van der Waals surface area contributed by atoms with Crippen molar-refractivity contribution < 1.29 is 14.7 Å². The average Bonchev–Trinajstić information content (AvgIpc) is 3.15. The number of thiophene rings is 1. The number of carboxylic acid groups (broad SMARTS) is 1. The zero-order valence-electron chi connectivity index (χ0n) is 14.3. The van der Waals surface area contributed by atoms with E-state index in [0.717, 1.165) is 28.0 Å². The first kappa shape index (κ1) is 18.4. The van der Waals surface area contributed by atoms with Crippen molar-refractivity contribution in [1.29, 1.82) is 5.26 Å². The highest BCUT2D eigenvalue weighted by molar-refractivity contribution is 7.12. The Balaban J connectivity index is 1.62. The number of rotatable bonds is 6. The minimum atomic E-state index is -1.05. The van der Waals surface area contributed by atoms with Gasteiger partial charge in [0.1, 0.15) is 4.88 Å². The van der Waals surface area contributed by atoms with Crippen molar-refractivity contribution in [3.05, 3.63) is 76.0 Å². The fourth-order valence-electron chi connectivity index (χ4n) is 2.73. The van der Waals surface area contributed by atoms with Crippen LogP contribution in [0.3, 0.4) is 0 Å². The lowest BCUT2D eigenvalue weighted by Gasteiger charge is -2.07. The van der Waals surface area contributed by atoms with Crippen LogP contribution in [0.2, 0.25) is 0 Å². The number of nitrogens with zero attached hydrogens (tertiary/aromatic N) is 1. The molecule has 5 nitrogen and oxygen atoms in total. The Hall–Kier alpha value is -3.43. The predicted molar refractivity (Wildman–Crippen MR) is 105 cm³/mol. The third-order valence-corrected chi connectivity index (χ3v) is 4.99. The second-order valence-electron chi connectivity index (χ2n) is 5.87. The lowest BCUT2D eigenvalue weighted by molar-refractivity contribution is -0.116. The van der Waals surface area contributed by atoms with Crippen LogP contribution in [0.15, 0.2) is 60.0 Å². The van der Waals surface area contributed by atoms with Crippen LogP contribution in [0.5, 0.6) is 0 Å². The number of nitriles is 1. The van der Waals surface area contributed by atoms with E-state index in [1.165, 1.54) is 0 Å². The van der Waals surface area contributed by atoms with Gasteiger partial charge in [0.2, 0.25) is 5.91 Å². The normalized spacial score (nSPS) is 10.2. The summed E-state index contributed by atoms with van der Waals surface area (Å²) in [6.45, 7) is 0. The Kier molecular flexibility index (Phi) is 5.64. The third-order valence-electron chi connectivity index (χ3n) is 4.09. The molecule has 3 aromatic rings. The van der Waals surface area contributed by atoms with Gasteiger partial charge < -0.3 is 10.4 Å². The maximum atomic E-state index is 12.1. The fraction of sp³-hybridized carbons (Fsp3) is 0.0952. The average molecular weight is 376 g/mol. The molecule has 0 bridgehead atoms. The molecule has 0 fully saturated rings. The van der Waals surface area contributed by atoms with Crippen LogP contribution in [0.4, 0.5) is 5.69 Å². The molecule has 0 aliphatic heterocycles. The van der Waals surface area contributed by atoms with E-state index >= 15 is 0 Å². The molecule has 0 aliphatic carbocycles. The van der Waals surface area contributed by atoms with Gasteiger partial charge in [-0.2, -0.15) is 5.26 Å². The van der Waals surface area contributed by atoms with Crippen LogP contribution in [0.1, 0.15) is 27.2 Å². The lowest BCUT2D eigenvalue weighted by Crippen LogP contribution is -2.13. The Labute approximate surface area is 160 Å². The van der Waals surface area contributed by atoms with Crippen LogP contribution in [0.25, 0.3) is 11.1 Å². The number of aryl methyl sites for hydroxylation is 1. The largest absolute Gasteiger partial charge is 0.477 e. The first-order chi connectivity index (χ1) is 13.1. The summed E-state index contributed by atoms with van der Waals surface area (Å²) in [7, 11) is 0. The van der Waals surface area contributed by atoms with Crippen molar-refractivity contribution in [2.45, 2.75) is 12.8 Å².